The van der Waals surface area contributed by atoms with Crippen LogP contribution in [0.4, 0.5) is 4.79 Å². The molecule has 0 saturated carbocycles. The molecule has 0 aromatic carbocycles. The van der Waals surface area contributed by atoms with E-state index in [1.807, 2.05) is 12.3 Å². The Hall–Kier alpha value is -1.67. The van der Waals surface area contributed by atoms with Crippen LogP contribution in [0.3, 0.4) is 0 Å². The highest BCUT2D eigenvalue weighted by Gasteiger charge is 2.25. The van der Waals surface area contributed by atoms with Crippen LogP contribution in [0.1, 0.15) is 24.0 Å². The molecular formula is C12H19N3O4S. The molecule has 1 unspecified atom stereocenters. The Balaban J connectivity index is 2.44. The average molecular weight is 301 g/mol. The zero-order chi connectivity index (χ0) is 15.3. The van der Waals surface area contributed by atoms with Crippen LogP contribution in [0.25, 0.3) is 0 Å². The van der Waals surface area contributed by atoms with Gasteiger partial charge in [0, 0.05) is 19.0 Å². The highest BCUT2D eigenvalue weighted by Crippen LogP contribution is 2.10. The molecule has 0 spiro atoms. The minimum Gasteiger partial charge on any atom is -0.481 e. The second-order valence-electron chi connectivity index (χ2n) is 4.94. The molecule has 1 rings (SSSR count). The largest absolute Gasteiger partial charge is 0.481 e. The van der Waals surface area contributed by atoms with E-state index in [1.165, 1.54) is 23.2 Å². The number of amides is 2. The van der Waals surface area contributed by atoms with Crippen molar-refractivity contribution in [3.8, 4) is 0 Å². The number of aliphatic carboxylic acids is 1. The van der Waals surface area contributed by atoms with E-state index in [4.69, 9.17) is 5.11 Å². The summed E-state index contributed by atoms with van der Waals surface area (Å²) in [5.74, 6) is -1.12. The van der Waals surface area contributed by atoms with E-state index < -0.39 is 18.0 Å². The fraction of sp³-hybridized carbons (Fsp3) is 0.583. The van der Waals surface area contributed by atoms with Gasteiger partial charge in [-0.05, 0) is 13.8 Å². The van der Waals surface area contributed by atoms with Crippen LogP contribution in [-0.4, -0.2) is 51.3 Å². The van der Waals surface area contributed by atoms with Gasteiger partial charge in [-0.15, -0.1) is 11.3 Å². The van der Waals surface area contributed by atoms with Crippen LogP contribution in [0.2, 0.25) is 0 Å². The molecule has 1 heterocycles. The summed E-state index contributed by atoms with van der Waals surface area (Å²) >= 11 is 1.51. The van der Waals surface area contributed by atoms with Crippen LogP contribution < -0.4 is 5.32 Å². The molecule has 0 aliphatic rings. The van der Waals surface area contributed by atoms with Gasteiger partial charge in [-0.25, -0.2) is 9.78 Å². The lowest BCUT2D eigenvalue weighted by molar-refractivity contribution is -0.141. The summed E-state index contributed by atoms with van der Waals surface area (Å²) in [5.41, 5.74) is -0.679. The Kier molecular flexibility index (Phi) is 5.46. The van der Waals surface area contributed by atoms with E-state index >= 15 is 0 Å². The van der Waals surface area contributed by atoms with Gasteiger partial charge in [-0.2, -0.15) is 0 Å². The molecule has 0 bridgehead atoms. The van der Waals surface area contributed by atoms with Crippen molar-refractivity contribution in [3.05, 3.63) is 16.1 Å². The van der Waals surface area contributed by atoms with E-state index in [0.717, 1.165) is 10.7 Å². The number of carboxylic acids is 1. The van der Waals surface area contributed by atoms with Crippen LogP contribution >= 0.6 is 11.3 Å². The van der Waals surface area contributed by atoms with E-state index in [1.54, 1.807) is 7.05 Å². The number of carbonyl (C=O) groups is 2. The molecule has 0 saturated heterocycles. The standard InChI is InChI=1S/C12H19N3O4S/c1-8-14-9(6-20-8)5-15(3)11(18)13-7-12(2,19)4-10(16)17/h6,19H,4-5,7H2,1-3H3,(H,13,18)(H,16,17). The maximum Gasteiger partial charge on any atom is 0.317 e. The lowest BCUT2D eigenvalue weighted by Crippen LogP contribution is -2.46. The first-order valence-corrected chi connectivity index (χ1v) is 6.92. The Morgan fingerprint density at radius 1 is 1.55 bits per heavy atom. The molecule has 0 radical (unpaired) electrons. The molecule has 7 nitrogen and oxygen atoms in total. The third-order valence-corrected chi connectivity index (χ3v) is 3.39. The number of aliphatic hydroxyl groups is 1. The summed E-state index contributed by atoms with van der Waals surface area (Å²) in [5, 5.41) is 23.7. The molecule has 3 N–H and O–H groups in total. The Morgan fingerprint density at radius 3 is 2.70 bits per heavy atom. The zero-order valence-corrected chi connectivity index (χ0v) is 12.5. The number of thiazole rings is 1. The summed E-state index contributed by atoms with van der Waals surface area (Å²) in [6.07, 6.45) is -0.428. The van der Waals surface area contributed by atoms with Gasteiger partial charge in [0.15, 0.2) is 0 Å². The minimum atomic E-state index is -1.47. The lowest BCUT2D eigenvalue weighted by atomic mass is 10.0. The molecule has 112 valence electrons. The van der Waals surface area contributed by atoms with Gasteiger partial charge in [0.25, 0.3) is 0 Å². The van der Waals surface area contributed by atoms with E-state index in [9.17, 15) is 14.7 Å². The number of urea groups is 1. The van der Waals surface area contributed by atoms with Gasteiger partial charge in [0.2, 0.25) is 0 Å². The molecule has 1 aromatic rings. The molecule has 0 aliphatic heterocycles. The van der Waals surface area contributed by atoms with Gasteiger partial charge in [-0.1, -0.05) is 0 Å². The second-order valence-corrected chi connectivity index (χ2v) is 6.00. The van der Waals surface area contributed by atoms with Crippen LogP contribution in [0.5, 0.6) is 0 Å². The molecule has 1 aromatic heterocycles. The Labute approximate surface area is 121 Å². The fourth-order valence-electron chi connectivity index (χ4n) is 1.58. The number of nitrogens with one attached hydrogen (secondary N) is 1. The molecule has 20 heavy (non-hydrogen) atoms. The summed E-state index contributed by atoms with van der Waals surface area (Å²) in [4.78, 5) is 28.0. The number of carboxylic acid groups (broad SMARTS) is 1. The first kappa shape index (κ1) is 16.4. The van der Waals surface area contributed by atoms with E-state index in [0.29, 0.717) is 6.54 Å². The van der Waals surface area contributed by atoms with Crippen molar-refractivity contribution in [2.45, 2.75) is 32.4 Å². The summed E-state index contributed by atoms with van der Waals surface area (Å²) in [7, 11) is 1.61. The third kappa shape index (κ3) is 5.54. The monoisotopic (exact) mass is 301 g/mol. The van der Waals surface area contributed by atoms with Gasteiger partial charge < -0.3 is 20.4 Å². The van der Waals surface area contributed by atoms with Crippen molar-refractivity contribution >= 4 is 23.3 Å². The SMILES string of the molecule is Cc1nc(CN(C)C(=O)NCC(C)(O)CC(=O)O)cs1. The number of carbonyl (C=O) groups excluding carboxylic acids is 1. The highest BCUT2D eigenvalue weighted by molar-refractivity contribution is 7.09. The van der Waals surface area contributed by atoms with Crippen molar-refractivity contribution < 1.29 is 19.8 Å². The average Bonchev–Trinajstić information content (AvgIpc) is 2.70. The van der Waals surface area contributed by atoms with Crippen molar-refractivity contribution in [2.75, 3.05) is 13.6 Å². The summed E-state index contributed by atoms with van der Waals surface area (Å²) in [6.45, 7) is 3.48. The molecule has 0 fully saturated rings. The fourth-order valence-corrected chi connectivity index (χ4v) is 2.19. The number of nitrogens with zero attached hydrogens (tertiary/aromatic N) is 2. The molecule has 0 aliphatic carbocycles. The molecule has 2 amide bonds. The number of hydrogen-bond acceptors (Lipinski definition) is 5. The molecular weight excluding hydrogens is 282 g/mol. The number of hydrogen-bond donors (Lipinski definition) is 3. The van der Waals surface area contributed by atoms with Crippen molar-refractivity contribution in [1.29, 1.82) is 0 Å². The lowest BCUT2D eigenvalue weighted by Gasteiger charge is -2.24. The number of aromatic nitrogens is 1. The Morgan fingerprint density at radius 2 is 2.20 bits per heavy atom. The second kappa shape index (κ2) is 6.67. The maximum atomic E-state index is 11.8. The van der Waals surface area contributed by atoms with E-state index in [2.05, 4.69) is 10.3 Å². The third-order valence-electron chi connectivity index (χ3n) is 2.56. The van der Waals surface area contributed by atoms with Gasteiger partial charge in [0.1, 0.15) is 0 Å². The topological polar surface area (TPSA) is 103 Å². The van der Waals surface area contributed by atoms with Crippen molar-refractivity contribution in [1.82, 2.24) is 15.2 Å². The van der Waals surface area contributed by atoms with Crippen LogP contribution in [0, 0.1) is 6.92 Å². The predicted molar refractivity (Wildman–Crippen MR) is 74.6 cm³/mol. The summed E-state index contributed by atoms with van der Waals surface area (Å²) < 4.78 is 0. The molecule has 8 heteroatoms. The van der Waals surface area contributed by atoms with Gasteiger partial charge in [0.05, 0.1) is 29.3 Å². The first-order chi connectivity index (χ1) is 9.19. The summed E-state index contributed by atoms with van der Waals surface area (Å²) in [6, 6.07) is -0.388. The number of rotatable bonds is 6. The zero-order valence-electron chi connectivity index (χ0n) is 11.7. The maximum absolute atomic E-state index is 11.8. The van der Waals surface area contributed by atoms with Gasteiger partial charge in [-0.3, -0.25) is 4.79 Å². The molecule has 1 atom stereocenters. The van der Waals surface area contributed by atoms with Crippen LogP contribution in [0.15, 0.2) is 5.38 Å². The number of aryl methyl sites for hydroxylation is 1. The van der Waals surface area contributed by atoms with Crippen LogP contribution in [-0.2, 0) is 11.3 Å². The van der Waals surface area contributed by atoms with Gasteiger partial charge >= 0.3 is 12.0 Å². The Bertz CT molecular complexity index is 487. The first-order valence-electron chi connectivity index (χ1n) is 6.04. The normalized spacial score (nSPS) is 13.6. The quantitative estimate of drug-likeness (QED) is 0.722. The smallest absolute Gasteiger partial charge is 0.317 e. The van der Waals surface area contributed by atoms with Crippen molar-refractivity contribution in [2.24, 2.45) is 0 Å². The highest BCUT2D eigenvalue weighted by atomic mass is 32.1. The minimum absolute atomic E-state index is 0.126. The predicted octanol–water partition coefficient (Wildman–Crippen LogP) is 0.819. The van der Waals surface area contributed by atoms with E-state index in [-0.39, 0.29) is 12.6 Å². The van der Waals surface area contributed by atoms with Crippen molar-refractivity contribution in [3.63, 3.8) is 0 Å².